The van der Waals surface area contributed by atoms with Gasteiger partial charge in [0.05, 0.1) is 22.1 Å². The van der Waals surface area contributed by atoms with E-state index in [1.165, 1.54) is 24.3 Å². The third kappa shape index (κ3) is 3.26. The molecule has 2 amide bonds. The minimum Gasteiger partial charge on any atom is -0.329 e. The number of alkyl halides is 3. The Morgan fingerprint density at radius 3 is 2.07 bits per heavy atom. The Balaban J connectivity index is 1.68. The number of hydrogen-bond acceptors (Lipinski definition) is 4. The second kappa shape index (κ2) is 7.27. The predicted octanol–water partition coefficient (Wildman–Crippen LogP) is 4.66. The van der Waals surface area contributed by atoms with E-state index in [2.05, 4.69) is 0 Å². The minimum absolute atomic E-state index is 0.118. The van der Waals surface area contributed by atoms with Crippen LogP contribution >= 0.6 is 0 Å². The lowest BCUT2D eigenvalue weighted by atomic mass is 9.69. The van der Waals surface area contributed by atoms with E-state index in [4.69, 9.17) is 4.84 Å². The fraction of sp³-hybridized carbons (Fsp3) is 0.318. The molecule has 156 valence electrons. The van der Waals surface area contributed by atoms with Crippen molar-refractivity contribution in [1.82, 2.24) is 5.06 Å². The minimum atomic E-state index is -4.56. The summed E-state index contributed by atoms with van der Waals surface area (Å²) >= 11 is 0. The molecule has 4 rings (SSSR count). The molecule has 5 nitrogen and oxygen atoms in total. The Kier molecular flexibility index (Phi) is 4.88. The monoisotopic (exact) mass is 417 g/mol. The van der Waals surface area contributed by atoms with Crippen LogP contribution in [0, 0.1) is 0 Å². The molecule has 0 saturated heterocycles. The number of benzene rings is 2. The summed E-state index contributed by atoms with van der Waals surface area (Å²) in [7, 11) is 0. The van der Waals surface area contributed by atoms with Gasteiger partial charge in [0.25, 0.3) is 11.8 Å². The van der Waals surface area contributed by atoms with E-state index in [-0.39, 0.29) is 29.5 Å². The van der Waals surface area contributed by atoms with Gasteiger partial charge in [-0.1, -0.05) is 54.7 Å². The smallest absolute Gasteiger partial charge is 0.329 e. The van der Waals surface area contributed by atoms with E-state index >= 15 is 0 Å². The van der Waals surface area contributed by atoms with Crippen LogP contribution in [0.2, 0.25) is 0 Å². The lowest BCUT2D eigenvalue weighted by Crippen LogP contribution is -2.44. The van der Waals surface area contributed by atoms with Crippen LogP contribution in [0.5, 0.6) is 0 Å². The lowest BCUT2D eigenvalue weighted by Gasteiger charge is -2.36. The highest BCUT2D eigenvalue weighted by Gasteiger charge is 2.47. The largest absolute Gasteiger partial charge is 0.416 e. The van der Waals surface area contributed by atoms with Crippen LogP contribution in [0.1, 0.15) is 63.9 Å². The number of carbonyl (C=O) groups excluding carboxylic acids is 3. The van der Waals surface area contributed by atoms with Crippen molar-refractivity contribution in [1.29, 1.82) is 0 Å². The highest BCUT2D eigenvalue weighted by atomic mass is 19.4. The van der Waals surface area contributed by atoms with Crippen LogP contribution in [0.25, 0.3) is 0 Å². The van der Waals surface area contributed by atoms with E-state index in [0.29, 0.717) is 17.9 Å². The highest BCUT2D eigenvalue weighted by Crippen LogP contribution is 2.43. The summed E-state index contributed by atoms with van der Waals surface area (Å²) in [6.45, 7) is 0. The van der Waals surface area contributed by atoms with Gasteiger partial charge in [0.2, 0.25) is 0 Å². The first-order chi connectivity index (χ1) is 14.2. The van der Waals surface area contributed by atoms with Gasteiger partial charge in [0.15, 0.2) is 0 Å². The predicted molar refractivity (Wildman–Crippen MR) is 99.2 cm³/mol. The summed E-state index contributed by atoms with van der Waals surface area (Å²) in [5.74, 6) is -2.42. The van der Waals surface area contributed by atoms with Gasteiger partial charge < -0.3 is 4.84 Å². The number of halogens is 3. The van der Waals surface area contributed by atoms with Crippen molar-refractivity contribution >= 4 is 17.8 Å². The Morgan fingerprint density at radius 1 is 0.900 bits per heavy atom. The van der Waals surface area contributed by atoms with Crippen molar-refractivity contribution in [2.45, 2.75) is 43.7 Å². The number of hydroxylamine groups is 2. The molecule has 0 aromatic heterocycles. The lowest BCUT2D eigenvalue weighted by molar-refractivity contribution is -0.177. The summed E-state index contributed by atoms with van der Waals surface area (Å²) in [5, 5.41) is 0.414. The molecule has 8 heteroatoms. The zero-order valence-corrected chi connectivity index (χ0v) is 15.9. The van der Waals surface area contributed by atoms with Crippen molar-refractivity contribution in [2.75, 3.05) is 0 Å². The molecular weight excluding hydrogens is 399 g/mol. The summed E-state index contributed by atoms with van der Waals surface area (Å²) in [6, 6.07) is 10.7. The third-order valence-electron chi connectivity index (χ3n) is 5.77. The molecule has 0 N–H and O–H groups in total. The number of amides is 2. The third-order valence-corrected chi connectivity index (χ3v) is 5.77. The molecule has 1 saturated carbocycles. The Hall–Kier alpha value is -3.16. The topological polar surface area (TPSA) is 63.7 Å². The van der Waals surface area contributed by atoms with E-state index in [9.17, 15) is 27.6 Å². The van der Waals surface area contributed by atoms with Gasteiger partial charge >= 0.3 is 12.1 Å². The number of rotatable bonds is 3. The first-order valence-corrected chi connectivity index (χ1v) is 9.62. The van der Waals surface area contributed by atoms with Crippen molar-refractivity contribution in [2.24, 2.45) is 0 Å². The molecule has 0 atom stereocenters. The molecule has 30 heavy (non-hydrogen) atoms. The number of imide groups is 1. The van der Waals surface area contributed by atoms with Gasteiger partial charge in [-0.2, -0.15) is 13.2 Å². The SMILES string of the molecule is O=C1c2ccccc2C(=O)N1OC(=O)C1(c2cccc(C(F)(F)F)c2)CCCCC1. The number of fused-ring (bicyclic) bond motifs is 1. The van der Waals surface area contributed by atoms with Crippen molar-refractivity contribution in [3.8, 4) is 0 Å². The molecule has 1 fully saturated rings. The van der Waals surface area contributed by atoms with Gasteiger partial charge in [0, 0.05) is 0 Å². The van der Waals surface area contributed by atoms with Gasteiger partial charge in [-0.05, 0) is 36.6 Å². The molecule has 1 heterocycles. The molecule has 1 aliphatic heterocycles. The normalized spacial score (nSPS) is 18.3. The summed E-state index contributed by atoms with van der Waals surface area (Å²) in [6.07, 6.45) is -1.94. The van der Waals surface area contributed by atoms with E-state index in [1.54, 1.807) is 12.1 Å². The van der Waals surface area contributed by atoms with E-state index < -0.39 is 34.9 Å². The molecule has 1 aliphatic carbocycles. The summed E-state index contributed by atoms with van der Waals surface area (Å²) in [5.41, 5.74) is -1.80. The van der Waals surface area contributed by atoms with Crippen LogP contribution < -0.4 is 0 Å². The maximum atomic E-state index is 13.2. The van der Waals surface area contributed by atoms with Gasteiger partial charge in [-0.3, -0.25) is 9.59 Å². The fourth-order valence-electron chi connectivity index (χ4n) is 4.18. The molecule has 0 bridgehead atoms. The van der Waals surface area contributed by atoms with Crippen molar-refractivity contribution in [3.05, 3.63) is 70.8 Å². The van der Waals surface area contributed by atoms with E-state index in [0.717, 1.165) is 18.6 Å². The van der Waals surface area contributed by atoms with Crippen LogP contribution in [-0.2, 0) is 21.2 Å². The number of nitrogens with zero attached hydrogens (tertiary/aromatic N) is 1. The molecule has 2 aromatic rings. The van der Waals surface area contributed by atoms with E-state index in [1.807, 2.05) is 0 Å². The highest BCUT2D eigenvalue weighted by molar-refractivity contribution is 6.21. The Morgan fingerprint density at radius 2 is 1.50 bits per heavy atom. The standard InChI is InChI=1S/C22H18F3NO4/c23-22(24,25)15-8-6-7-14(13-15)21(11-4-1-5-12-21)20(29)30-26-18(27)16-9-2-3-10-17(16)19(26)28/h2-3,6-10,13H,1,4-5,11-12H2. The van der Waals surface area contributed by atoms with Crippen LogP contribution in [0.3, 0.4) is 0 Å². The van der Waals surface area contributed by atoms with Crippen molar-refractivity contribution in [3.63, 3.8) is 0 Å². The fourth-order valence-corrected chi connectivity index (χ4v) is 4.18. The first-order valence-electron chi connectivity index (χ1n) is 9.62. The quantitative estimate of drug-likeness (QED) is 0.682. The van der Waals surface area contributed by atoms with Gasteiger partial charge in [-0.15, -0.1) is 0 Å². The molecule has 2 aromatic carbocycles. The number of hydrogen-bond donors (Lipinski definition) is 0. The summed E-state index contributed by atoms with van der Waals surface area (Å²) < 4.78 is 39.7. The van der Waals surface area contributed by atoms with Gasteiger partial charge in [-0.25, -0.2) is 4.79 Å². The second-order valence-electron chi connectivity index (χ2n) is 7.55. The average Bonchev–Trinajstić information content (AvgIpc) is 2.99. The molecule has 0 spiro atoms. The second-order valence-corrected chi connectivity index (χ2v) is 7.55. The zero-order chi connectivity index (χ0) is 21.5. The van der Waals surface area contributed by atoms with Gasteiger partial charge in [0.1, 0.15) is 0 Å². The number of carbonyl (C=O) groups is 3. The molecule has 0 unspecified atom stereocenters. The zero-order valence-electron chi connectivity index (χ0n) is 15.9. The molecule has 2 aliphatic rings. The maximum absolute atomic E-state index is 13.2. The maximum Gasteiger partial charge on any atom is 0.416 e. The van der Waals surface area contributed by atoms with Crippen LogP contribution in [0.4, 0.5) is 13.2 Å². The average molecular weight is 417 g/mol. The summed E-state index contributed by atoms with van der Waals surface area (Å²) in [4.78, 5) is 43.5. The molecule has 0 radical (unpaired) electrons. The first kappa shape index (κ1) is 20.1. The Bertz CT molecular complexity index is 990. The van der Waals surface area contributed by atoms with Crippen LogP contribution in [0.15, 0.2) is 48.5 Å². The van der Waals surface area contributed by atoms with Crippen LogP contribution in [-0.4, -0.2) is 22.8 Å². The van der Waals surface area contributed by atoms with Crippen molar-refractivity contribution < 1.29 is 32.4 Å². The Labute approximate surface area is 170 Å². The molecular formula is C22H18F3NO4.